The molecule has 1 aromatic rings. The minimum atomic E-state index is -1.08. The number of carboxylic acid groups (broad SMARTS) is 1. The van der Waals surface area contributed by atoms with Gasteiger partial charge in [-0.25, -0.2) is 5.43 Å². The van der Waals surface area contributed by atoms with E-state index in [0.717, 1.165) is 16.9 Å². The van der Waals surface area contributed by atoms with Gasteiger partial charge in [0.1, 0.15) is 18.1 Å². The van der Waals surface area contributed by atoms with Crippen LogP contribution in [0.15, 0.2) is 35.3 Å². The van der Waals surface area contributed by atoms with E-state index in [2.05, 4.69) is 46.5 Å². The van der Waals surface area contributed by atoms with Crippen LogP contribution in [0, 0.1) is 17.8 Å². The van der Waals surface area contributed by atoms with Crippen molar-refractivity contribution in [3.8, 4) is 12.3 Å². The maximum atomic E-state index is 13.2. The van der Waals surface area contributed by atoms with Crippen LogP contribution in [0.4, 0.5) is 0 Å². The van der Waals surface area contributed by atoms with E-state index < -0.39 is 47.2 Å². The maximum absolute atomic E-state index is 13.2. The number of aryl methyl sites for hydroxylation is 1. The molecular formula is C31H41N5O5. The van der Waals surface area contributed by atoms with E-state index in [1.807, 2.05) is 18.2 Å². The number of nitrogens with one attached hydrogen (secondary N) is 3. The molecule has 2 rings (SSSR count). The monoisotopic (exact) mass is 563 g/mol. The summed E-state index contributed by atoms with van der Waals surface area (Å²) in [4.78, 5) is 54.7. The molecule has 1 aromatic carbocycles. The van der Waals surface area contributed by atoms with Gasteiger partial charge < -0.3 is 15.7 Å². The molecule has 10 nitrogen and oxygen atoms in total. The van der Waals surface area contributed by atoms with Crippen molar-refractivity contribution in [1.29, 1.82) is 0 Å². The third-order valence-electron chi connectivity index (χ3n) is 6.86. The first-order valence-electron chi connectivity index (χ1n) is 13.6. The van der Waals surface area contributed by atoms with Gasteiger partial charge in [0, 0.05) is 20.0 Å². The van der Waals surface area contributed by atoms with Crippen molar-refractivity contribution in [1.82, 2.24) is 21.1 Å². The fraction of sp³-hybridized carbons (Fsp3) is 0.452. The number of rotatable bonds is 11. The van der Waals surface area contributed by atoms with Crippen molar-refractivity contribution >= 4 is 42.1 Å². The smallest absolute Gasteiger partial charge is 0.322 e. The SMILES string of the molecule is C#CCC(NC(=O)C(C)(C)/C=C/C(/C=c1/cc(CC)ccc1=C)=NC)C(=O)NC(C)C(=O)N1CCCC(C(=O)O)N1. The number of hydrazine groups is 1. The van der Waals surface area contributed by atoms with Gasteiger partial charge >= 0.3 is 5.97 Å². The number of terminal acetylenes is 1. The first-order chi connectivity index (χ1) is 19.3. The molecule has 0 aromatic heterocycles. The number of aliphatic carboxylic acids is 1. The van der Waals surface area contributed by atoms with E-state index in [1.54, 1.807) is 33.0 Å². The summed E-state index contributed by atoms with van der Waals surface area (Å²) < 4.78 is 0. The van der Waals surface area contributed by atoms with Gasteiger partial charge in [0.15, 0.2) is 0 Å². The number of carbonyl (C=O) groups is 4. The Morgan fingerprint density at radius 3 is 2.63 bits per heavy atom. The van der Waals surface area contributed by atoms with Gasteiger partial charge in [0.2, 0.25) is 11.8 Å². The molecule has 0 radical (unpaired) electrons. The van der Waals surface area contributed by atoms with Crippen LogP contribution in [-0.2, 0) is 25.6 Å². The van der Waals surface area contributed by atoms with Crippen LogP contribution in [0.5, 0.6) is 0 Å². The fourth-order valence-corrected chi connectivity index (χ4v) is 4.12. The summed E-state index contributed by atoms with van der Waals surface area (Å²) in [7, 11) is 1.66. The molecule has 1 aliphatic rings. The van der Waals surface area contributed by atoms with E-state index in [9.17, 15) is 24.3 Å². The molecule has 3 atom stereocenters. The van der Waals surface area contributed by atoms with Gasteiger partial charge in [0.25, 0.3) is 5.91 Å². The summed E-state index contributed by atoms with van der Waals surface area (Å²) in [6.45, 7) is 11.4. The summed E-state index contributed by atoms with van der Waals surface area (Å²) in [5, 5.41) is 17.5. The molecule has 41 heavy (non-hydrogen) atoms. The molecular weight excluding hydrogens is 522 g/mol. The average Bonchev–Trinajstić information content (AvgIpc) is 2.95. The Morgan fingerprint density at radius 2 is 2.02 bits per heavy atom. The molecule has 1 fully saturated rings. The van der Waals surface area contributed by atoms with E-state index >= 15 is 0 Å². The van der Waals surface area contributed by atoms with Crippen molar-refractivity contribution in [2.45, 2.75) is 71.5 Å². The van der Waals surface area contributed by atoms with Crippen LogP contribution in [0.25, 0.3) is 12.7 Å². The largest absolute Gasteiger partial charge is 0.480 e. The topological polar surface area (TPSA) is 140 Å². The van der Waals surface area contributed by atoms with Crippen molar-refractivity contribution in [3.05, 3.63) is 46.4 Å². The highest BCUT2D eigenvalue weighted by Gasteiger charge is 2.33. The predicted octanol–water partition coefficient (Wildman–Crippen LogP) is 0.686. The van der Waals surface area contributed by atoms with E-state index in [0.29, 0.717) is 25.1 Å². The van der Waals surface area contributed by atoms with E-state index in [4.69, 9.17) is 6.42 Å². The fourth-order valence-electron chi connectivity index (χ4n) is 4.12. The molecule has 1 aliphatic heterocycles. The lowest BCUT2D eigenvalue weighted by Crippen LogP contribution is -2.60. The van der Waals surface area contributed by atoms with E-state index in [-0.39, 0.29) is 6.42 Å². The lowest BCUT2D eigenvalue weighted by Gasteiger charge is -2.34. The zero-order valence-electron chi connectivity index (χ0n) is 24.5. The summed E-state index contributed by atoms with van der Waals surface area (Å²) in [5.74, 6) is -0.208. The highest BCUT2D eigenvalue weighted by atomic mass is 16.4. The maximum Gasteiger partial charge on any atom is 0.322 e. The molecule has 220 valence electrons. The molecule has 3 unspecified atom stereocenters. The Balaban J connectivity index is 2.10. The van der Waals surface area contributed by atoms with E-state index in [1.165, 1.54) is 17.5 Å². The zero-order valence-corrected chi connectivity index (χ0v) is 24.5. The Labute approximate surface area is 241 Å². The number of amides is 3. The van der Waals surface area contributed by atoms with Gasteiger partial charge in [-0.15, -0.1) is 12.3 Å². The molecule has 0 bridgehead atoms. The molecule has 1 heterocycles. The molecule has 4 N–H and O–H groups in total. The Hall–Kier alpha value is -4.23. The number of nitrogens with zero attached hydrogens (tertiary/aromatic N) is 2. The minimum Gasteiger partial charge on any atom is -0.480 e. The first kappa shape index (κ1) is 33.0. The number of allylic oxidation sites excluding steroid dienone is 1. The van der Waals surface area contributed by atoms with Gasteiger partial charge in [-0.05, 0) is 68.2 Å². The zero-order chi connectivity index (χ0) is 30.7. The first-order valence-corrected chi connectivity index (χ1v) is 13.6. The third kappa shape index (κ3) is 9.43. The number of carbonyl (C=O) groups excluding carboxylic acids is 3. The standard InChI is InChI=1S/C31H41N5O5/c1-8-11-25(27(37)33-21(4)28(38)36-17-10-12-26(35-36)29(39)40)34-30(41)31(5,6)16-15-24(32-7)19-23-18-22(9-2)14-13-20(23)3/h1,13-16,18-19,21,25-26,35H,3,9-12,17H2,2,4-7H3,(H,33,37)(H,34,41)(H,39,40)/b16-15+,23-19-,32-24?. The van der Waals surface area contributed by atoms with Gasteiger partial charge in [-0.3, -0.25) is 29.2 Å². The lowest BCUT2D eigenvalue weighted by atomic mass is 9.90. The van der Waals surface area contributed by atoms with Gasteiger partial charge in [-0.2, -0.15) is 0 Å². The number of aliphatic imine (C=N–C) groups is 1. The van der Waals surface area contributed by atoms with Crippen LogP contribution in [0.2, 0.25) is 0 Å². The van der Waals surface area contributed by atoms with Crippen LogP contribution >= 0.6 is 0 Å². The van der Waals surface area contributed by atoms with Crippen molar-refractivity contribution in [2.75, 3.05) is 13.6 Å². The molecule has 0 saturated carbocycles. The van der Waals surface area contributed by atoms with Crippen molar-refractivity contribution < 1.29 is 24.3 Å². The number of hydrogen-bond donors (Lipinski definition) is 4. The second-order valence-corrected chi connectivity index (χ2v) is 10.6. The van der Waals surface area contributed by atoms with Crippen LogP contribution in [0.1, 0.15) is 52.5 Å². The Bertz CT molecular complexity index is 1360. The second-order valence-electron chi connectivity index (χ2n) is 10.6. The lowest BCUT2D eigenvalue weighted by molar-refractivity contribution is -0.148. The molecule has 0 aliphatic carbocycles. The minimum absolute atomic E-state index is 0.0865. The second kappa shape index (κ2) is 15.0. The average molecular weight is 564 g/mol. The summed E-state index contributed by atoms with van der Waals surface area (Å²) in [6, 6.07) is 3.12. The highest BCUT2D eigenvalue weighted by Crippen LogP contribution is 2.18. The molecule has 3 amide bonds. The highest BCUT2D eigenvalue weighted by molar-refractivity contribution is 6.17. The third-order valence-corrected chi connectivity index (χ3v) is 6.86. The summed E-state index contributed by atoms with van der Waals surface area (Å²) in [6.07, 6.45) is 12.5. The van der Waals surface area contributed by atoms with Crippen molar-refractivity contribution in [2.24, 2.45) is 10.4 Å². The normalized spacial score (nSPS) is 18.0. The summed E-state index contributed by atoms with van der Waals surface area (Å²) in [5.41, 5.74) is 3.46. The molecule has 1 saturated heterocycles. The molecule has 10 heteroatoms. The van der Waals surface area contributed by atoms with Crippen LogP contribution in [0.3, 0.4) is 0 Å². The number of benzene rings is 1. The Morgan fingerprint density at radius 1 is 1.32 bits per heavy atom. The summed E-state index contributed by atoms with van der Waals surface area (Å²) >= 11 is 0. The van der Waals surface area contributed by atoms with Crippen molar-refractivity contribution in [3.63, 3.8) is 0 Å². The quantitative estimate of drug-likeness (QED) is 0.231. The number of hydrogen-bond acceptors (Lipinski definition) is 6. The number of carboxylic acids is 1. The predicted molar refractivity (Wildman–Crippen MR) is 160 cm³/mol. The van der Waals surface area contributed by atoms with Crippen LogP contribution in [-0.4, -0.2) is 71.2 Å². The van der Waals surface area contributed by atoms with Gasteiger partial charge in [0.05, 0.1) is 11.1 Å². The van der Waals surface area contributed by atoms with Gasteiger partial charge in [-0.1, -0.05) is 37.8 Å². The Kier molecular flexibility index (Phi) is 12.0. The van der Waals surface area contributed by atoms with Crippen LogP contribution < -0.4 is 26.5 Å². The molecule has 0 spiro atoms.